The first-order valence-electron chi connectivity index (χ1n) is 6.84. The number of aromatic nitrogens is 2. The summed E-state index contributed by atoms with van der Waals surface area (Å²) in [7, 11) is 1.59. The average molecular weight is 297 g/mol. The van der Waals surface area contributed by atoms with E-state index in [2.05, 4.69) is 15.2 Å². The van der Waals surface area contributed by atoms with Gasteiger partial charge in [-0.05, 0) is 26.0 Å². The molecule has 1 aromatic heterocycles. The normalized spacial score (nSPS) is 18.5. The van der Waals surface area contributed by atoms with Crippen LogP contribution in [0.25, 0.3) is 10.9 Å². The highest BCUT2D eigenvalue weighted by Crippen LogP contribution is 2.12. The van der Waals surface area contributed by atoms with E-state index in [9.17, 15) is 9.59 Å². The van der Waals surface area contributed by atoms with E-state index in [0.717, 1.165) is 0 Å². The fourth-order valence-corrected chi connectivity index (χ4v) is 2.40. The Morgan fingerprint density at radius 1 is 1.23 bits per heavy atom. The van der Waals surface area contributed by atoms with Crippen LogP contribution in [0.5, 0.6) is 0 Å². The number of hydrogen-bond acceptors (Lipinski definition) is 5. The van der Waals surface area contributed by atoms with Crippen molar-refractivity contribution < 1.29 is 4.79 Å². The van der Waals surface area contributed by atoms with E-state index in [0.29, 0.717) is 22.4 Å². The lowest BCUT2D eigenvalue weighted by Crippen LogP contribution is -2.27. The molecule has 0 aliphatic carbocycles. The molecule has 1 atom stereocenters. The van der Waals surface area contributed by atoms with E-state index in [1.807, 2.05) is 6.07 Å². The highest BCUT2D eigenvalue weighted by molar-refractivity contribution is 6.17. The molecule has 1 aromatic carbocycles. The second-order valence-electron chi connectivity index (χ2n) is 5.14. The van der Waals surface area contributed by atoms with Crippen molar-refractivity contribution in [2.45, 2.75) is 13.8 Å². The van der Waals surface area contributed by atoms with Crippen LogP contribution in [-0.2, 0) is 4.79 Å². The summed E-state index contributed by atoms with van der Waals surface area (Å²) in [6.45, 7) is 3.46. The molecule has 0 spiro atoms. The molecular weight excluding hydrogens is 282 g/mol. The maximum Gasteiger partial charge on any atom is 0.282 e. The molecule has 22 heavy (non-hydrogen) atoms. The first kappa shape index (κ1) is 14.1. The molecule has 0 N–H and O–H groups in total. The van der Waals surface area contributed by atoms with Crippen molar-refractivity contribution in [3.05, 3.63) is 40.4 Å². The van der Waals surface area contributed by atoms with Gasteiger partial charge in [0.05, 0.1) is 16.6 Å². The number of carbonyl (C=O) groups excluding carboxylic acids is 1. The van der Waals surface area contributed by atoms with Gasteiger partial charge in [0.1, 0.15) is 11.7 Å². The van der Waals surface area contributed by atoms with Gasteiger partial charge in [-0.25, -0.2) is 9.99 Å². The number of rotatable bonds is 2. The smallest absolute Gasteiger partial charge is 0.272 e. The molecule has 7 heteroatoms. The highest BCUT2D eigenvalue weighted by atomic mass is 16.2. The zero-order chi connectivity index (χ0) is 15.9. The zero-order valence-corrected chi connectivity index (χ0v) is 12.5. The lowest BCUT2D eigenvalue weighted by atomic mass is 10.1. The van der Waals surface area contributed by atoms with Crippen LogP contribution in [0.1, 0.15) is 12.7 Å². The molecule has 1 aliphatic heterocycles. The number of fused-ring (bicyclic) bond motifs is 1. The Balaban J connectivity index is 2.05. The monoisotopic (exact) mass is 297 g/mol. The predicted octanol–water partition coefficient (Wildman–Crippen LogP) is 1.00. The van der Waals surface area contributed by atoms with Crippen LogP contribution in [0.2, 0.25) is 0 Å². The number of hydrazone groups is 1. The van der Waals surface area contributed by atoms with E-state index in [1.54, 1.807) is 39.1 Å². The van der Waals surface area contributed by atoms with E-state index in [4.69, 9.17) is 0 Å². The number of para-hydroxylation sites is 1. The average Bonchev–Trinajstić information content (AvgIpc) is 2.73. The van der Waals surface area contributed by atoms with E-state index >= 15 is 0 Å². The molecule has 0 saturated carbocycles. The van der Waals surface area contributed by atoms with Crippen molar-refractivity contribution in [3.8, 4) is 0 Å². The number of aryl methyl sites for hydroxylation is 1. The Bertz CT molecular complexity index is 881. The molecule has 0 bridgehead atoms. The van der Waals surface area contributed by atoms with Crippen molar-refractivity contribution in [3.63, 3.8) is 0 Å². The minimum atomic E-state index is -0.539. The number of hydrogen-bond donors (Lipinski definition) is 0. The van der Waals surface area contributed by atoms with Gasteiger partial charge >= 0.3 is 0 Å². The van der Waals surface area contributed by atoms with Crippen LogP contribution in [0.4, 0.5) is 0 Å². The summed E-state index contributed by atoms with van der Waals surface area (Å²) >= 11 is 0. The van der Waals surface area contributed by atoms with Crippen molar-refractivity contribution in [2.75, 3.05) is 7.05 Å². The van der Waals surface area contributed by atoms with Gasteiger partial charge in [0.2, 0.25) is 0 Å². The topological polar surface area (TPSA) is 79.9 Å². The highest BCUT2D eigenvalue weighted by Gasteiger charge is 2.29. The Morgan fingerprint density at radius 3 is 2.64 bits per heavy atom. The van der Waals surface area contributed by atoms with Crippen molar-refractivity contribution >= 4 is 28.7 Å². The fourth-order valence-electron chi connectivity index (χ4n) is 2.40. The molecule has 2 aromatic rings. The molecule has 0 saturated heterocycles. The van der Waals surface area contributed by atoms with Gasteiger partial charge < -0.3 is 0 Å². The first-order valence-corrected chi connectivity index (χ1v) is 6.84. The second kappa shape index (κ2) is 5.18. The van der Waals surface area contributed by atoms with Crippen LogP contribution in [0, 0.1) is 12.8 Å². The van der Waals surface area contributed by atoms with Gasteiger partial charge in [-0.2, -0.15) is 14.9 Å². The molecule has 0 fully saturated rings. The van der Waals surface area contributed by atoms with Gasteiger partial charge in [-0.1, -0.05) is 12.1 Å². The summed E-state index contributed by atoms with van der Waals surface area (Å²) in [4.78, 5) is 28.8. The minimum Gasteiger partial charge on any atom is -0.272 e. The summed E-state index contributed by atoms with van der Waals surface area (Å²) in [5.74, 6) is -0.239. The van der Waals surface area contributed by atoms with Crippen molar-refractivity contribution in [1.29, 1.82) is 0 Å². The van der Waals surface area contributed by atoms with Crippen LogP contribution in [0.3, 0.4) is 0 Å². The second-order valence-corrected chi connectivity index (χ2v) is 5.14. The summed E-state index contributed by atoms with van der Waals surface area (Å²) in [5.41, 5.74) is 1.02. The maximum absolute atomic E-state index is 12.5. The minimum absolute atomic E-state index is 0.166. The largest absolute Gasteiger partial charge is 0.282 e. The number of nitrogens with zero attached hydrogens (tertiary/aromatic N) is 5. The Labute approximate surface area is 126 Å². The van der Waals surface area contributed by atoms with Gasteiger partial charge in [-0.15, -0.1) is 0 Å². The van der Waals surface area contributed by atoms with Crippen LogP contribution in [0.15, 0.2) is 39.3 Å². The van der Waals surface area contributed by atoms with E-state index in [1.165, 1.54) is 15.9 Å². The standard InChI is InChI=1S/C15H15N5O2/c1-9-12(14(21)19(3)18-9)8-16-20-10(2)17-13-7-5-4-6-11(13)15(20)22/h4-8,12H,1-3H3/b16-8+. The van der Waals surface area contributed by atoms with Crippen LogP contribution in [-0.4, -0.2) is 39.6 Å². The lowest BCUT2D eigenvalue weighted by molar-refractivity contribution is -0.128. The third-order valence-electron chi connectivity index (χ3n) is 3.59. The number of amides is 1. The molecule has 1 aliphatic rings. The molecule has 112 valence electrons. The number of benzene rings is 1. The predicted molar refractivity (Wildman–Crippen MR) is 84.0 cm³/mol. The van der Waals surface area contributed by atoms with E-state index in [-0.39, 0.29) is 11.5 Å². The fraction of sp³-hybridized carbons (Fsp3) is 0.267. The van der Waals surface area contributed by atoms with E-state index < -0.39 is 5.92 Å². The Morgan fingerprint density at radius 2 is 1.95 bits per heavy atom. The molecule has 2 heterocycles. The van der Waals surface area contributed by atoms with Crippen LogP contribution >= 0.6 is 0 Å². The molecule has 3 rings (SSSR count). The SMILES string of the molecule is CC1=NN(C)C(=O)C1/C=N/n1c(C)nc2ccccc2c1=O. The third-order valence-corrected chi connectivity index (χ3v) is 3.59. The molecule has 1 amide bonds. The maximum atomic E-state index is 12.5. The third kappa shape index (κ3) is 2.20. The molecular formula is C15H15N5O2. The number of carbonyl (C=O) groups is 1. The van der Waals surface area contributed by atoms with Crippen molar-refractivity contribution in [1.82, 2.24) is 14.7 Å². The van der Waals surface area contributed by atoms with Crippen molar-refractivity contribution in [2.24, 2.45) is 16.1 Å². The lowest BCUT2D eigenvalue weighted by Gasteiger charge is -2.07. The van der Waals surface area contributed by atoms with Gasteiger partial charge in [0.15, 0.2) is 0 Å². The van der Waals surface area contributed by atoms with Gasteiger partial charge in [0.25, 0.3) is 11.5 Å². The summed E-state index contributed by atoms with van der Waals surface area (Å²) < 4.78 is 1.21. The molecule has 1 unspecified atom stereocenters. The Kier molecular flexibility index (Phi) is 3.32. The summed E-state index contributed by atoms with van der Waals surface area (Å²) in [5, 5.41) is 9.99. The molecule has 0 radical (unpaired) electrons. The Hall–Kier alpha value is -2.83. The van der Waals surface area contributed by atoms with Crippen LogP contribution < -0.4 is 5.56 Å². The summed E-state index contributed by atoms with van der Waals surface area (Å²) in [6.07, 6.45) is 1.44. The summed E-state index contributed by atoms with van der Waals surface area (Å²) in [6, 6.07) is 7.09. The zero-order valence-electron chi connectivity index (χ0n) is 12.5. The first-order chi connectivity index (χ1) is 10.5. The molecule has 7 nitrogen and oxygen atoms in total. The van der Waals surface area contributed by atoms with Gasteiger partial charge in [-0.3, -0.25) is 9.59 Å². The quantitative estimate of drug-likeness (QED) is 0.776. The van der Waals surface area contributed by atoms with Gasteiger partial charge in [0, 0.05) is 13.3 Å².